The van der Waals surface area contributed by atoms with Crippen LogP contribution in [-0.2, 0) is 9.53 Å². The van der Waals surface area contributed by atoms with E-state index in [2.05, 4.69) is 4.74 Å². The molecule has 0 aliphatic carbocycles. The molecule has 0 fully saturated rings. The minimum absolute atomic E-state index is 0. The van der Waals surface area contributed by atoms with Gasteiger partial charge in [-0.1, -0.05) is 0 Å². The Hall–Kier alpha value is -1.60. The summed E-state index contributed by atoms with van der Waals surface area (Å²) in [6, 6.07) is 0.871. The van der Waals surface area contributed by atoms with E-state index >= 15 is 0 Å². The number of carbonyl (C=O) groups excluding carboxylic acids is 1. The van der Waals surface area contributed by atoms with Crippen LogP contribution in [0.15, 0.2) is 18.2 Å². The lowest BCUT2D eigenvalue weighted by Crippen LogP contribution is -2.41. The predicted molar refractivity (Wildman–Crippen MR) is 65.5 cm³/mol. The maximum atomic E-state index is 13.6. The van der Waals surface area contributed by atoms with Crippen LogP contribution in [0, 0.1) is 0 Å². The molecule has 0 saturated carbocycles. The van der Waals surface area contributed by atoms with E-state index in [-0.39, 0.29) is 24.8 Å². The number of rotatable bonds is 4. The first-order valence-electron chi connectivity index (χ1n) is 5.13. The van der Waals surface area contributed by atoms with Gasteiger partial charge in [-0.15, -0.1) is 12.4 Å². The first-order chi connectivity index (χ1) is 8.30. The van der Waals surface area contributed by atoms with E-state index in [1.807, 2.05) is 0 Å². The Labute approximate surface area is 114 Å². The summed E-state index contributed by atoms with van der Waals surface area (Å²) in [5, 5.41) is 18.6. The van der Waals surface area contributed by atoms with E-state index in [1.54, 1.807) is 0 Å². The quantitative estimate of drug-likeness (QED) is 0.581. The fourth-order valence-electron chi connectivity index (χ4n) is 1.34. The summed E-state index contributed by atoms with van der Waals surface area (Å²) in [6.07, 6.45) is 0. The van der Waals surface area contributed by atoms with Crippen molar-refractivity contribution in [3.63, 3.8) is 0 Å². The Balaban J connectivity index is 0.00000324. The number of hydrogen-bond donors (Lipinski definition) is 3. The van der Waals surface area contributed by atoms with E-state index in [0.717, 1.165) is 18.2 Å². The number of ether oxygens (including phenoxy) is 1. The van der Waals surface area contributed by atoms with E-state index in [4.69, 9.17) is 10.8 Å². The van der Waals surface area contributed by atoms with Crippen molar-refractivity contribution in [3.05, 3.63) is 23.8 Å². The zero-order valence-electron chi connectivity index (χ0n) is 9.97. The number of hydrogen-bond acceptors (Lipinski definition) is 5. The third kappa shape index (κ3) is 3.68. The van der Waals surface area contributed by atoms with E-state index in [1.165, 1.54) is 6.92 Å². The maximum absolute atomic E-state index is 13.6. The van der Waals surface area contributed by atoms with Gasteiger partial charge in [0, 0.05) is 5.56 Å². The summed E-state index contributed by atoms with van der Waals surface area (Å²) in [5.74, 6) is -6.66. The molecule has 0 saturated heterocycles. The molecule has 1 atom stereocenters. The lowest BCUT2D eigenvalue weighted by molar-refractivity contribution is -0.174. The van der Waals surface area contributed by atoms with Crippen molar-refractivity contribution in [1.29, 1.82) is 0 Å². The van der Waals surface area contributed by atoms with Crippen LogP contribution in [0.25, 0.3) is 0 Å². The minimum Gasteiger partial charge on any atom is -0.508 e. The summed E-state index contributed by atoms with van der Waals surface area (Å²) in [6.45, 7) is 1.17. The third-order valence-electron chi connectivity index (χ3n) is 2.28. The third-order valence-corrected chi connectivity index (χ3v) is 2.28. The Morgan fingerprint density at radius 1 is 1.47 bits per heavy atom. The van der Waals surface area contributed by atoms with Crippen LogP contribution in [0.2, 0.25) is 0 Å². The molecule has 1 rings (SSSR count). The largest absolute Gasteiger partial charge is 0.508 e. The molecule has 0 bridgehead atoms. The second-order valence-electron chi connectivity index (χ2n) is 3.56. The van der Waals surface area contributed by atoms with Crippen molar-refractivity contribution >= 4 is 18.4 Å². The molecule has 4 N–H and O–H groups in total. The number of halogens is 3. The highest BCUT2D eigenvalue weighted by Gasteiger charge is 2.48. The number of alkyl halides is 2. The lowest BCUT2D eigenvalue weighted by atomic mass is 10.00. The summed E-state index contributed by atoms with van der Waals surface area (Å²) in [5.41, 5.74) is 4.81. The Morgan fingerprint density at radius 3 is 2.58 bits per heavy atom. The summed E-state index contributed by atoms with van der Waals surface area (Å²) in [7, 11) is 0. The van der Waals surface area contributed by atoms with Gasteiger partial charge in [-0.25, -0.2) is 4.79 Å². The molecule has 0 aliphatic heterocycles. The first kappa shape index (κ1) is 17.4. The molecule has 5 nitrogen and oxygen atoms in total. The van der Waals surface area contributed by atoms with Gasteiger partial charge in [0.15, 0.2) is 0 Å². The zero-order valence-corrected chi connectivity index (χ0v) is 10.8. The summed E-state index contributed by atoms with van der Waals surface area (Å²) >= 11 is 0. The van der Waals surface area contributed by atoms with Gasteiger partial charge in [-0.2, -0.15) is 8.78 Å². The lowest BCUT2D eigenvalue weighted by Gasteiger charge is -2.22. The molecule has 1 aromatic carbocycles. The number of carbonyl (C=O) groups is 1. The summed E-state index contributed by atoms with van der Waals surface area (Å²) < 4.78 is 31.4. The fourth-order valence-corrected chi connectivity index (χ4v) is 1.34. The van der Waals surface area contributed by atoms with E-state index in [0.29, 0.717) is 0 Å². The van der Waals surface area contributed by atoms with Gasteiger partial charge in [-0.05, 0) is 25.1 Å². The molecule has 0 spiro atoms. The monoisotopic (exact) mass is 297 g/mol. The molecule has 19 heavy (non-hydrogen) atoms. The van der Waals surface area contributed by atoms with Gasteiger partial charge in [0.2, 0.25) is 0 Å². The SMILES string of the molecule is CCOC(=O)C(F)(F)[C@H](N)c1cc(O)ccc1O.Cl. The van der Waals surface area contributed by atoms with Crippen LogP contribution in [0.3, 0.4) is 0 Å². The van der Waals surface area contributed by atoms with Crippen LogP contribution < -0.4 is 5.73 Å². The number of phenols is 2. The van der Waals surface area contributed by atoms with E-state index in [9.17, 15) is 18.7 Å². The fraction of sp³-hybridized carbons (Fsp3) is 0.364. The van der Waals surface area contributed by atoms with Gasteiger partial charge < -0.3 is 20.7 Å². The maximum Gasteiger partial charge on any atom is 0.379 e. The van der Waals surface area contributed by atoms with Crippen molar-refractivity contribution in [3.8, 4) is 11.5 Å². The molecule has 0 amide bonds. The topological polar surface area (TPSA) is 92.8 Å². The highest BCUT2D eigenvalue weighted by Crippen LogP contribution is 2.36. The van der Waals surface area contributed by atoms with Gasteiger partial charge >= 0.3 is 11.9 Å². The molecule has 108 valence electrons. The van der Waals surface area contributed by atoms with Crippen molar-refractivity contribution in [2.75, 3.05) is 6.61 Å². The highest BCUT2D eigenvalue weighted by atomic mass is 35.5. The Kier molecular flexibility index (Phi) is 5.98. The molecule has 0 aliphatic rings. The first-order valence-corrected chi connectivity index (χ1v) is 5.13. The van der Waals surface area contributed by atoms with Crippen molar-refractivity contribution in [2.45, 2.75) is 18.9 Å². The van der Waals surface area contributed by atoms with Crippen LogP contribution in [0.1, 0.15) is 18.5 Å². The predicted octanol–water partition coefficient (Wildman–Crippen LogP) is 1.72. The van der Waals surface area contributed by atoms with Crippen molar-refractivity contribution in [2.24, 2.45) is 5.73 Å². The smallest absolute Gasteiger partial charge is 0.379 e. The number of aromatic hydroxyl groups is 2. The average Bonchev–Trinajstić information content (AvgIpc) is 2.31. The Morgan fingerprint density at radius 2 is 2.05 bits per heavy atom. The molecule has 0 heterocycles. The van der Waals surface area contributed by atoms with E-state index < -0.39 is 29.2 Å². The molecular weight excluding hydrogens is 284 g/mol. The normalized spacial score (nSPS) is 12.4. The van der Waals surface area contributed by atoms with Gasteiger partial charge in [0.1, 0.15) is 17.5 Å². The Bertz CT molecular complexity index is 456. The number of nitrogens with two attached hydrogens (primary N) is 1. The number of phenolic OH excluding ortho intramolecular Hbond substituents is 2. The van der Waals surface area contributed by atoms with Gasteiger partial charge in [-0.3, -0.25) is 0 Å². The van der Waals surface area contributed by atoms with Crippen LogP contribution >= 0.6 is 12.4 Å². The van der Waals surface area contributed by atoms with Gasteiger partial charge in [0.05, 0.1) is 6.61 Å². The molecule has 0 unspecified atom stereocenters. The summed E-state index contributed by atoms with van der Waals surface area (Å²) in [4.78, 5) is 11.1. The van der Waals surface area contributed by atoms with Crippen LogP contribution in [0.5, 0.6) is 11.5 Å². The number of benzene rings is 1. The van der Waals surface area contributed by atoms with Crippen LogP contribution in [0.4, 0.5) is 8.78 Å². The zero-order chi connectivity index (χ0) is 13.9. The van der Waals surface area contributed by atoms with Crippen molar-refractivity contribution in [1.82, 2.24) is 0 Å². The van der Waals surface area contributed by atoms with Crippen molar-refractivity contribution < 1.29 is 28.5 Å². The van der Waals surface area contributed by atoms with Gasteiger partial charge in [0.25, 0.3) is 0 Å². The second kappa shape index (κ2) is 6.53. The minimum atomic E-state index is -4.00. The molecule has 0 aromatic heterocycles. The standard InChI is InChI=1S/C11H13F2NO4.ClH/c1-2-18-10(17)11(12,13)9(14)7-5-6(15)3-4-8(7)16;/h3-5,9,15-16H,2,14H2,1H3;1H/t9-;/m1./s1. The molecule has 8 heteroatoms. The average molecular weight is 298 g/mol. The highest BCUT2D eigenvalue weighted by molar-refractivity contribution is 5.85. The molecular formula is C11H14ClF2NO4. The molecule has 0 radical (unpaired) electrons. The number of esters is 1. The molecule has 1 aromatic rings. The van der Waals surface area contributed by atoms with Crippen LogP contribution in [-0.4, -0.2) is 28.7 Å². The second-order valence-corrected chi connectivity index (χ2v) is 3.56.